The second kappa shape index (κ2) is 6.20. The van der Waals surface area contributed by atoms with Crippen LogP contribution >= 0.6 is 11.6 Å². The van der Waals surface area contributed by atoms with Gasteiger partial charge in [-0.3, -0.25) is 4.79 Å². The number of hydrogen-bond donors (Lipinski definition) is 2. The van der Waals surface area contributed by atoms with Crippen LogP contribution in [0.1, 0.15) is 23.0 Å². The molecule has 21 heavy (non-hydrogen) atoms. The van der Waals surface area contributed by atoms with Crippen molar-refractivity contribution in [3.63, 3.8) is 0 Å². The van der Waals surface area contributed by atoms with Crippen LogP contribution in [0.4, 0.5) is 0 Å². The van der Waals surface area contributed by atoms with E-state index in [0.717, 1.165) is 0 Å². The van der Waals surface area contributed by atoms with Crippen LogP contribution in [0.3, 0.4) is 0 Å². The van der Waals surface area contributed by atoms with Gasteiger partial charge in [-0.2, -0.15) is 0 Å². The molecule has 0 radical (unpaired) electrons. The number of carbonyl (C=O) groups excluding carboxylic acids is 1. The Kier molecular flexibility index (Phi) is 4.55. The molecule has 0 fully saturated rings. The number of methoxy groups -OCH3 is 1. The quantitative estimate of drug-likeness (QED) is 0.890. The van der Waals surface area contributed by atoms with Gasteiger partial charge < -0.3 is 19.6 Å². The second-order valence-corrected chi connectivity index (χ2v) is 5.21. The van der Waals surface area contributed by atoms with Gasteiger partial charge in [0.25, 0.3) is 5.91 Å². The molecule has 0 aliphatic heterocycles. The number of aliphatic hydroxyl groups is 1. The average molecular weight is 310 g/mol. The highest BCUT2D eigenvalue weighted by molar-refractivity contribution is 6.30. The molecule has 6 heteroatoms. The predicted molar refractivity (Wildman–Crippen MR) is 78.6 cm³/mol. The standard InChI is InChI=1S/C15H16ClNO4/c1-15(19,13-4-3-7-21-13)9-17-14(18)11-6-5-10(16)8-12(11)20-2/h3-8,19H,9H2,1-2H3,(H,17,18). The van der Waals surface area contributed by atoms with Crippen LogP contribution in [0, 0.1) is 0 Å². The lowest BCUT2D eigenvalue weighted by atomic mass is 10.0. The van der Waals surface area contributed by atoms with E-state index in [1.54, 1.807) is 37.3 Å². The van der Waals surface area contributed by atoms with E-state index in [2.05, 4.69) is 5.32 Å². The third-order valence-corrected chi connectivity index (χ3v) is 3.29. The van der Waals surface area contributed by atoms with Gasteiger partial charge in [-0.1, -0.05) is 11.6 Å². The monoisotopic (exact) mass is 309 g/mol. The Morgan fingerprint density at radius 2 is 2.24 bits per heavy atom. The topological polar surface area (TPSA) is 71.7 Å². The molecule has 2 aromatic rings. The van der Waals surface area contributed by atoms with Crippen LogP contribution in [0.15, 0.2) is 41.0 Å². The molecule has 1 aromatic carbocycles. The number of hydrogen-bond acceptors (Lipinski definition) is 4. The molecule has 0 aliphatic carbocycles. The fraction of sp³-hybridized carbons (Fsp3) is 0.267. The molecular formula is C15H16ClNO4. The first kappa shape index (κ1) is 15.4. The van der Waals surface area contributed by atoms with E-state index in [0.29, 0.717) is 22.1 Å². The second-order valence-electron chi connectivity index (χ2n) is 4.78. The molecule has 5 nitrogen and oxygen atoms in total. The summed E-state index contributed by atoms with van der Waals surface area (Å²) in [4.78, 5) is 12.2. The summed E-state index contributed by atoms with van der Waals surface area (Å²) in [6.45, 7) is 1.57. The molecule has 112 valence electrons. The van der Waals surface area contributed by atoms with Gasteiger partial charge in [0.2, 0.25) is 0 Å². The maximum Gasteiger partial charge on any atom is 0.255 e. The number of carbonyl (C=O) groups is 1. The Hall–Kier alpha value is -1.98. The van der Waals surface area contributed by atoms with E-state index in [1.165, 1.54) is 13.4 Å². The smallest absolute Gasteiger partial charge is 0.255 e. The van der Waals surface area contributed by atoms with Gasteiger partial charge in [0.05, 0.1) is 25.5 Å². The van der Waals surface area contributed by atoms with Crippen molar-refractivity contribution in [2.24, 2.45) is 0 Å². The van der Waals surface area contributed by atoms with Crippen molar-refractivity contribution >= 4 is 17.5 Å². The summed E-state index contributed by atoms with van der Waals surface area (Å²) < 4.78 is 10.3. The number of amides is 1. The third-order valence-electron chi connectivity index (χ3n) is 3.05. The molecule has 1 unspecified atom stereocenters. The van der Waals surface area contributed by atoms with E-state index in [1.807, 2.05) is 0 Å². The Balaban J connectivity index is 2.09. The van der Waals surface area contributed by atoms with Crippen molar-refractivity contribution in [3.8, 4) is 5.75 Å². The van der Waals surface area contributed by atoms with Gasteiger partial charge in [0.15, 0.2) is 0 Å². The molecule has 0 saturated carbocycles. The fourth-order valence-corrected chi connectivity index (χ4v) is 2.03. The molecule has 2 N–H and O–H groups in total. The lowest BCUT2D eigenvalue weighted by Gasteiger charge is -2.21. The normalized spacial score (nSPS) is 13.5. The van der Waals surface area contributed by atoms with E-state index in [9.17, 15) is 9.90 Å². The molecule has 1 heterocycles. The summed E-state index contributed by atoms with van der Waals surface area (Å²) >= 11 is 5.85. The van der Waals surface area contributed by atoms with Crippen LogP contribution in [0.2, 0.25) is 5.02 Å². The zero-order valence-electron chi connectivity index (χ0n) is 11.7. The van der Waals surface area contributed by atoms with Crippen molar-refractivity contribution in [2.75, 3.05) is 13.7 Å². The fourth-order valence-electron chi connectivity index (χ4n) is 1.87. The first-order valence-electron chi connectivity index (χ1n) is 6.32. The van der Waals surface area contributed by atoms with E-state index >= 15 is 0 Å². The van der Waals surface area contributed by atoms with Gasteiger partial charge in [0.1, 0.15) is 17.1 Å². The van der Waals surface area contributed by atoms with Gasteiger partial charge in [-0.25, -0.2) is 0 Å². The first-order chi connectivity index (χ1) is 9.94. The molecule has 1 atom stereocenters. The number of ether oxygens (including phenoxy) is 1. The Morgan fingerprint density at radius 3 is 2.86 bits per heavy atom. The molecule has 0 spiro atoms. The zero-order chi connectivity index (χ0) is 15.5. The van der Waals surface area contributed by atoms with E-state index in [4.69, 9.17) is 20.8 Å². The summed E-state index contributed by atoms with van der Waals surface area (Å²) in [6.07, 6.45) is 1.47. The van der Waals surface area contributed by atoms with Crippen LogP contribution in [0.5, 0.6) is 5.75 Å². The molecule has 0 saturated heterocycles. The van der Waals surface area contributed by atoms with Gasteiger partial charge in [0, 0.05) is 5.02 Å². The maximum absolute atomic E-state index is 12.2. The molecule has 2 rings (SSSR count). The summed E-state index contributed by atoms with van der Waals surface area (Å²) in [5, 5.41) is 13.4. The minimum atomic E-state index is -1.29. The Bertz CT molecular complexity index is 623. The number of benzene rings is 1. The minimum Gasteiger partial charge on any atom is -0.496 e. The Morgan fingerprint density at radius 1 is 1.48 bits per heavy atom. The van der Waals surface area contributed by atoms with Crippen molar-refractivity contribution in [3.05, 3.63) is 52.9 Å². The molecular weight excluding hydrogens is 294 g/mol. The Labute approximate surface area is 127 Å². The number of furan rings is 1. The highest BCUT2D eigenvalue weighted by Gasteiger charge is 2.27. The van der Waals surface area contributed by atoms with Crippen molar-refractivity contribution in [1.29, 1.82) is 0 Å². The van der Waals surface area contributed by atoms with E-state index in [-0.39, 0.29) is 12.5 Å². The lowest BCUT2D eigenvalue weighted by molar-refractivity contribution is 0.0330. The first-order valence-corrected chi connectivity index (χ1v) is 6.70. The predicted octanol–water partition coefficient (Wildman–Crippen LogP) is 2.58. The molecule has 0 bridgehead atoms. The van der Waals surface area contributed by atoms with Gasteiger partial charge >= 0.3 is 0 Å². The van der Waals surface area contributed by atoms with Crippen molar-refractivity contribution in [2.45, 2.75) is 12.5 Å². The van der Waals surface area contributed by atoms with Gasteiger partial charge in [-0.05, 0) is 37.3 Å². The maximum atomic E-state index is 12.2. The zero-order valence-corrected chi connectivity index (χ0v) is 12.5. The highest BCUT2D eigenvalue weighted by atomic mass is 35.5. The number of nitrogens with one attached hydrogen (secondary N) is 1. The highest BCUT2D eigenvalue weighted by Crippen LogP contribution is 2.24. The molecule has 0 aliphatic rings. The lowest BCUT2D eigenvalue weighted by Crippen LogP contribution is -2.38. The van der Waals surface area contributed by atoms with Crippen LogP contribution in [0.25, 0.3) is 0 Å². The molecule has 1 aromatic heterocycles. The van der Waals surface area contributed by atoms with Crippen LogP contribution < -0.4 is 10.1 Å². The summed E-state index contributed by atoms with van der Waals surface area (Å²) in [7, 11) is 1.46. The summed E-state index contributed by atoms with van der Waals surface area (Å²) in [5.74, 6) is 0.388. The SMILES string of the molecule is COc1cc(Cl)ccc1C(=O)NCC(C)(O)c1ccco1. The molecule has 1 amide bonds. The van der Waals surface area contributed by atoms with Crippen LogP contribution in [-0.4, -0.2) is 24.7 Å². The van der Waals surface area contributed by atoms with Crippen LogP contribution in [-0.2, 0) is 5.60 Å². The van der Waals surface area contributed by atoms with Crippen molar-refractivity contribution in [1.82, 2.24) is 5.32 Å². The minimum absolute atomic E-state index is 0.00509. The largest absolute Gasteiger partial charge is 0.496 e. The van der Waals surface area contributed by atoms with E-state index < -0.39 is 5.60 Å². The van der Waals surface area contributed by atoms with Crippen molar-refractivity contribution < 1.29 is 19.1 Å². The number of halogens is 1. The number of rotatable bonds is 5. The third kappa shape index (κ3) is 3.56. The average Bonchev–Trinajstić information content (AvgIpc) is 2.99. The summed E-state index contributed by atoms with van der Waals surface area (Å²) in [5.41, 5.74) is -0.948. The van der Waals surface area contributed by atoms with Gasteiger partial charge in [-0.15, -0.1) is 0 Å². The summed E-state index contributed by atoms with van der Waals surface area (Å²) in [6, 6.07) is 8.05.